The number of carbonyl (C=O) groups excluding carboxylic acids is 3. The van der Waals surface area contributed by atoms with E-state index in [1.54, 1.807) is 18.1 Å². The number of carbonyl (C=O) groups is 3. The lowest BCUT2D eigenvalue weighted by Crippen LogP contribution is -2.75. The number of rotatable bonds is 11. The smallest absolute Gasteiger partial charge is 0.248 e. The van der Waals surface area contributed by atoms with Crippen LogP contribution in [0.1, 0.15) is 69.1 Å². The number of hydrogen-bond acceptors (Lipinski definition) is 7. The highest BCUT2D eigenvalue weighted by Crippen LogP contribution is 2.36. The molecule has 3 amide bonds. The van der Waals surface area contributed by atoms with Gasteiger partial charge >= 0.3 is 0 Å². The number of likely N-dealkylation sites (tertiary alicyclic amines) is 1. The summed E-state index contributed by atoms with van der Waals surface area (Å²) >= 11 is 6.42. The third kappa shape index (κ3) is 8.40. The molecule has 0 saturated carbocycles. The van der Waals surface area contributed by atoms with Gasteiger partial charge in [0.2, 0.25) is 17.7 Å². The number of halogens is 2. The number of hydrogen-bond donors (Lipinski definition) is 3. The molecular weight excluding hydrogens is 643 g/mol. The number of piperazine rings is 1. The van der Waals surface area contributed by atoms with E-state index in [2.05, 4.69) is 46.7 Å². The van der Waals surface area contributed by atoms with Gasteiger partial charge in [0, 0.05) is 64.4 Å². The van der Waals surface area contributed by atoms with Crippen molar-refractivity contribution in [3.8, 4) is 5.75 Å². The maximum absolute atomic E-state index is 13.9. The molecule has 3 heterocycles. The number of methoxy groups -OCH3 is 1. The fourth-order valence-electron chi connectivity index (χ4n) is 7.07. The van der Waals surface area contributed by atoms with Crippen molar-refractivity contribution in [2.75, 3.05) is 45.3 Å². The van der Waals surface area contributed by atoms with Gasteiger partial charge in [-0.25, -0.2) is 0 Å². The van der Waals surface area contributed by atoms with Gasteiger partial charge in [0.15, 0.2) is 0 Å². The topological polar surface area (TPSA) is 120 Å². The maximum Gasteiger partial charge on any atom is 0.248 e. The van der Waals surface area contributed by atoms with Crippen LogP contribution in [0.15, 0.2) is 36.4 Å². The first kappa shape index (κ1) is 36.9. The van der Waals surface area contributed by atoms with E-state index in [9.17, 15) is 19.5 Å². The van der Waals surface area contributed by atoms with Crippen LogP contribution >= 0.6 is 24.0 Å². The van der Waals surface area contributed by atoms with Gasteiger partial charge < -0.3 is 30.1 Å². The SMILES string of the molecule is CCCCN1C(=O)[C@@H]([C@H](O)C2CCOCC2)NC(=O)C12CCN(Cc1ccc(Cc3cc(Cl)c(NC(C)=O)cc3OC)cc1)CC2.Cl. The number of amides is 3. The number of aliphatic hydroxyl groups excluding tert-OH is 1. The van der Waals surface area contributed by atoms with E-state index in [0.717, 1.165) is 36.1 Å². The second-order valence-corrected chi connectivity index (χ2v) is 13.3. The number of benzene rings is 2. The van der Waals surface area contributed by atoms with Crippen molar-refractivity contribution in [3.63, 3.8) is 0 Å². The van der Waals surface area contributed by atoms with Gasteiger partial charge in [0.05, 0.1) is 23.9 Å². The molecule has 258 valence electrons. The Bertz CT molecular complexity index is 1390. The molecule has 2 aromatic rings. The first-order chi connectivity index (χ1) is 22.1. The van der Waals surface area contributed by atoms with Crippen molar-refractivity contribution in [2.24, 2.45) is 5.92 Å². The van der Waals surface area contributed by atoms with Gasteiger partial charge in [-0.15, -0.1) is 12.4 Å². The van der Waals surface area contributed by atoms with E-state index in [-0.39, 0.29) is 36.0 Å². The van der Waals surface area contributed by atoms with Gasteiger partial charge in [-0.05, 0) is 55.2 Å². The molecule has 2 atom stereocenters. The molecule has 10 nitrogen and oxygen atoms in total. The highest BCUT2D eigenvalue weighted by molar-refractivity contribution is 6.33. The fraction of sp³-hybridized carbons (Fsp3) is 0.571. The van der Waals surface area contributed by atoms with Gasteiger partial charge in [0.25, 0.3) is 0 Å². The Morgan fingerprint density at radius 1 is 1.15 bits per heavy atom. The summed E-state index contributed by atoms with van der Waals surface area (Å²) in [6, 6.07) is 11.1. The molecule has 0 radical (unpaired) electrons. The third-order valence-electron chi connectivity index (χ3n) is 9.77. The molecule has 1 spiro atoms. The van der Waals surface area contributed by atoms with Crippen molar-refractivity contribution < 1.29 is 29.0 Å². The minimum Gasteiger partial charge on any atom is -0.496 e. The van der Waals surface area contributed by atoms with E-state index in [0.29, 0.717) is 81.4 Å². The molecule has 3 saturated heterocycles. The second-order valence-electron chi connectivity index (χ2n) is 12.9. The van der Waals surface area contributed by atoms with Crippen molar-refractivity contribution in [1.29, 1.82) is 0 Å². The summed E-state index contributed by atoms with van der Waals surface area (Å²) < 4.78 is 11.0. The Labute approximate surface area is 288 Å². The van der Waals surface area contributed by atoms with Crippen molar-refractivity contribution in [2.45, 2.75) is 83.0 Å². The zero-order valence-electron chi connectivity index (χ0n) is 27.6. The summed E-state index contributed by atoms with van der Waals surface area (Å²) in [4.78, 5) is 43.3. The summed E-state index contributed by atoms with van der Waals surface area (Å²) in [5.41, 5.74) is 2.83. The Morgan fingerprint density at radius 3 is 2.43 bits per heavy atom. The molecule has 3 N–H and O–H groups in total. The van der Waals surface area contributed by atoms with Crippen LogP contribution in [0, 0.1) is 5.92 Å². The molecule has 0 aromatic heterocycles. The van der Waals surface area contributed by atoms with Crippen molar-refractivity contribution >= 4 is 47.4 Å². The maximum atomic E-state index is 13.9. The zero-order valence-corrected chi connectivity index (χ0v) is 29.1. The zero-order chi connectivity index (χ0) is 32.8. The number of anilines is 1. The molecule has 12 heteroatoms. The van der Waals surface area contributed by atoms with E-state index in [1.165, 1.54) is 6.92 Å². The molecular formula is C35H48Cl2N4O6. The molecule has 3 fully saturated rings. The van der Waals surface area contributed by atoms with E-state index < -0.39 is 17.7 Å². The summed E-state index contributed by atoms with van der Waals surface area (Å²) in [6.45, 7) is 7.29. The Morgan fingerprint density at radius 2 is 1.81 bits per heavy atom. The van der Waals surface area contributed by atoms with Crippen LogP contribution in [-0.2, 0) is 32.1 Å². The van der Waals surface area contributed by atoms with E-state index >= 15 is 0 Å². The minimum atomic E-state index is -0.911. The van der Waals surface area contributed by atoms with Crippen LogP contribution in [0.25, 0.3) is 0 Å². The van der Waals surface area contributed by atoms with Crippen LogP contribution in [-0.4, -0.2) is 90.3 Å². The largest absolute Gasteiger partial charge is 0.496 e. The number of nitrogens with zero attached hydrogens (tertiary/aromatic N) is 2. The lowest BCUT2D eigenvalue weighted by Gasteiger charge is -2.52. The van der Waals surface area contributed by atoms with Gasteiger partial charge in [-0.3, -0.25) is 19.3 Å². The summed E-state index contributed by atoms with van der Waals surface area (Å²) in [5, 5.41) is 17.3. The molecule has 2 aromatic carbocycles. The van der Waals surface area contributed by atoms with Crippen LogP contribution in [0.2, 0.25) is 5.02 Å². The molecule has 47 heavy (non-hydrogen) atoms. The number of ether oxygens (including phenoxy) is 2. The van der Waals surface area contributed by atoms with Gasteiger partial charge in [0.1, 0.15) is 17.3 Å². The average molecular weight is 692 g/mol. The number of piperidine rings is 1. The molecule has 3 aliphatic rings. The van der Waals surface area contributed by atoms with Crippen molar-refractivity contribution in [3.05, 3.63) is 58.1 Å². The Hall–Kier alpha value is -2.89. The van der Waals surface area contributed by atoms with Gasteiger partial charge in [-0.2, -0.15) is 0 Å². The minimum absolute atomic E-state index is 0. The fourth-order valence-corrected chi connectivity index (χ4v) is 7.30. The van der Waals surface area contributed by atoms with Gasteiger partial charge in [-0.1, -0.05) is 49.2 Å². The predicted molar refractivity (Wildman–Crippen MR) is 184 cm³/mol. The average Bonchev–Trinajstić information content (AvgIpc) is 3.05. The summed E-state index contributed by atoms with van der Waals surface area (Å²) in [7, 11) is 1.60. The lowest BCUT2D eigenvalue weighted by atomic mass is 9.79. The quantitative estimate of drug-likeness (QED) is 0.316. The second kappa shape index (κ2) is 16.5. The van der Waals surface area contributed by atoms with E-state index in [1.807, 2.05) is 6.07 Å². The summed E-state index contributed by atoms with van der Waals surface area (Å²) in [6.07, 6.45) is 3.93. The first-order valence-corrected chi connectivity index (χ1v) is 16.9. The normalized spacial score (nSPS) is 20.8. The molecule has 0 aliphatic carbocycles. The van der Waals surface area contributed by atoms with Crippen molar-refractivity contribution in [1.82, 2.24) is 15.1 Å². The predicted octanol–water partition coefficient (Wildman–Crippen LogP) is 4.57. The van der Waals surface area contributed by atoms with Crippen LogP contribution < -0.4 is 15.4 Å². The Kier molecular flexibility index (Phi) is 13.0. The molecule has 0 unspecified atom stereocenters. The van der Waals surface area contributed by atoms with E-state index in [4.69, 9.17) is 21.1 Å². The van der Waals surface area contributed by atoms with Crippen LogP contribution in [0.5, 0.6) is 5.75 Å². The summed E-state index contributed by atoms with van der Waals surface area (Å²) in [5.74, 6) is 0.105. The molecule has 0 bridgehead atoms. The van der Waals surface area contributed by atoms with Crippen LogP contribution in [0.3, 0.4) is 0 Å². The number of unbranched alkanes of at least 4 members (excludes halogenated alkanes) is 1. The molecule has 3 aliphatic heterocycles. The number of nitrogens with one attached hydrogen (secondary N) is 2. The number of aliphatic hydroxyl groups is 1. The lowest BCUT2D eigenvalue weighted by molar-refractivity contribution is -0.166. The van der Waals surface area contributed by atoms with Crippen LogP contribution in [0.4, 0.5) is 5.69 Å². The third-order valence-corrected chi connectivity index (χ3v) is 10.1. The highest BCUT2D eigenvalue weighted by atomic mass is 35.5. The molecule has 5 rings (SSSR count). The monoisotopic (exact) mass is 690 g/mol. The highest BCUT2D eigenvalue weighted by Gasteiger charge is 2.55. The first-order valence-electron chi connectivity index (χ1n) is 16.5. The standard InChI is InChI=1S/C35H47ClN4O6.ClH/c1-4-5-14-40-33(43)31(32(42)26-10-17-46-18-11-26)38-34(44)35(40)12-15-39(16-13-35)22-25-8-6-24(7-9-25)19-27-20-28(36)29(37-23(2)41)21-30(27)45-3;/h6-9,20-21,26,31-32,42H,4-5,10-19,22H2,1-3H3,(H,37,41)(H,38,44);1H/t31-,32-;/m1./s1. The Balaban J connectivity index is 0.00000500.